The summed E-state index contributed by atoms with van der Waals surface area (Å²) < 4.78 is 0. The minimum absolute atomic E-state index is 0.0460. The summed E-state index contributed by atoms with van der Waals surface area (Å²) in [5.41, 5.74) is 0. The Morgan fingerprint density at radius 3 is 2.94 bits per heavy atom. The van der Waals surface area contributed by atoms with Gasteiger partial charge in [0.1, 0.15) is 5.82 Å². The number of rotatable bonds is 4. The maximum absolute atomic E-state index is 12.3. The predicted molar refractivity (Wildman–Crippen MR) is 68.4 cm³/mol. The Labute approximate surface area is 107 Å². The first-order valence-electron chi connectivity index (χ1n) is 6.48. The summed E-state index contributed by atoms with van der Waals surface area (Å²) >= 11 is 0. The van der Waals surface area contributed by atoms with Crippen LogP contribution >= 0.6 is 0 Å². The summed E-state index contributed by atoms with van der Waals surface area (Å²) in [6.45, 7) is 3.70. The lowest BCUT2D eigenvalue weighted by atomic mass is 10.2. The molecule has 6 heteroatoms. The number of amides is 1. The van der Waals surface area contributed by atoms with E-state index in [-0.39, 0.29) is 11.9 Å². The summed E-state index contributed by atoms with van der Waals surface area (Å²) in [7, 11) is 4.06. The minimum Gasteiger partial charge on any atom is -0.332 e. The average Bonchev–Trinajstić information content (AvgIpc) is 2.95. The van der Waals surface area contributed by atoms with E-state index in [9.17, 15) is 4.79 Å². The van der Waals surface area contributed by atoms with Gasteiger partial charge < -0.3 is 9.80 Å². The molecule has 0 bridgehead atoms. The van der Waals surface area contributed by atoms with E-state index >= 15 is 0 Å². The number of carbonyl (C=O) groups excluding carboxylic acids is 1. The van der Waals surface area contributed by atoms with Gasteiger partial charge in [-0.3, -0.25) is 9.89 Å². The Balaban J connectivity index is 2.07. The van der Waals surface area contributed by atoms with Gasteiger partial charge in [0.15, 0.2) is 0 Å². The quantitative estimate of drug-likeness (QED) is 0.848. The fourth-order valence-electron chi connectivity index (χ4n) is 2.39. The molecule has 1 fully saturated rings. The van der Waals surface area contributed by atoms with Crippen LogP contribution in [0.3, 0.4) is 0 Å². The third kappa shape index (κ3) is 2.69. The van der Waals surface area contributed by atoms with Crippen LogP contribution in [-0.2, 0) is 6.42 Å². The van der Waals surface area contributed by atoms with Crippen molar-refractivity contribution in [2.45, 2.75) is 32.2 Å². The van der Waals surface area contributed by atoms with Crippen molar-refractivity contribution in [3.8, 4) is 0 Å². The van der Waals surface area contributed by atoms with Gasteiger partial charge in [0.25, 0.3) is 5.91 Å². The van der Waals surface area contributed by atoms with Crippen LogP contribution in [0.15, 0.2) is 0 Å². The van der Waals surface area contributed by atoms with Crippen LogP contribution in [0, 0.1) is 0 Å². The molecule has 1 unspecified atom stereocenters. The number of carbonyl (C=O) groups is 1. The van der Waals surface area contributed by atoms with Crippen LogP contribution in [0.4, 0.5) is 0 Å². The fourth-order valence-corrected chi connectivity index (χ4v) is 2.39. The van der Waals surface area contributed by atoms with Crippen molar-refractivity contribution in [3.63, 3.8) is 0 Å². The first kappa shape index (κ1) is 13.0. The summed E-state index contributed by atoms with van der Waals surface area (Å²) in [6.07, 6.45) is 2.89. The Morgan fingerprint density at radius 1 is 1.56 bits per heavy atom. The van der Waals surface area contributed by atoms with Gasteiger partial charge in [-0.2, -0.15) is 0 Å². The summed E-state index contributed by atoms with van der Waals surface area (Å²) in [6, 6.07) is 0.288. The number of nitrogens with one attached hydrogen (secondary N) is 1. The summed E-state index contributed by atoms with van der Waals surface area (Å²) in [4.78, 5) is 20.6. The summed E-state index contributed by atoms with van der Waals surface area (Å²) in [5, 5.41) is 6.80. The lowest BCUT2D eigenvalue weighted by Crippen LogP contribution is -2.41. The first-order valence-corrected chi connectivity index (χ1v) is 6.48. The average molecular weight is 251 g/mol. The van der Waals surface area contributed by atoms with Crippen LogP contribution in [0.5, 0.6) is 0 Å². The molecule has 0 saturated carbocycles. The molecule has 1 aliphatic rings. The van der Waals surface area contributed by atoms with Crippen molar-refractivity contribution < 1.29 is 4.79 Å². The number of aromatic nitrogens is 3. The van der Waals surface area contributed by atoms with Gasteiger partial charge >= 0.3 is 0 Å². The van der Waals surface area contributed by atoms with Crippen molar-refractivity contribution >= 4 is 5.91 Å². The van der Waals surface area contributed by atoms with E-state index in [0.717, 1.165) is 38.2 Å². The molecule has 1 amide bonds. The molecule has 0 aromatic carbocycles. The fraction of sp³-hybridized carbons (Fsp3) is 0.750. The Hall–Kier alpha value is -1.43. The zero-order valence-electron chi connectivity index (χ0n) is 11.3. The molecule has 1 atom stereocenters. The second-order valence-electron chi connectivity index (χ2n) is 5.02. The minimum atomic E-state index is -0.0460. The van der Waals surface area contributed by atoms with E-state index in [1.54, 1.807) is 0 Å². The van der Waals surface area contributed by atoms with Gasteiger partial charge in [0, 0.05) is 25.6 Å². The van der Waals surface area contributed by atoms with Gasteiger partial charge in [-0.1, -0.05) is 6.92 Å². The first-order chi connectivity index (χ1) is 8.61. The lowest BCUT2D eigenvalue weighted by Gasteiger charge is -2.26. The number of aromatic amines is 1. The molecule has 18 heavy (non-hydrogen) atoms. The van der Waals surface area contributed by atoms with Crippen LogP contribution in [-0.4, -0.2) is 64.1 Å². The van der Waals surface area contributed by atoms with Crippen molar-refractivity contribution in [1.82, 2.24) is 25.0 Å². The smallest absolute Gasteiger partial charge is 0.293 e. The lowest BCUT2D eigenvalue weighted by molar-refractivity contribution is 0.0704. The highest BCUT2D eigenvalue weighted by molar-refractivity contribution is 5.90. The van der Waals surface area contributed by atoms with Crippen LogP contribution in [0.2, 0.25) is 0 Å². The zero-order chi connectivity index (χ0) is 13.1. The molecule has 100 valence electrons. The highest BCUT2D eigenvalue weighted by Crippen LogP contribution is 2.19. The molecule has 6 nitrogen and oxygen atoms in total. The highest BCUT2D eigenvalue weighted by atomic mass is 16.2. The predicted octanol–water partition coefficient (Wildman–Crippen LogP) is 0.533. The molecular weight excluding hydrogens is 230 g/mol. The molecule has 1 N–H and O–H groups in total. The van der Waals surface area contributed by atoms with E-state index in [4.69, 9.17) is 0 Å². The molecule has 1 aromatic heterocycles. The molecule has 1 aliphatic heterocycles. The van der Waals surface area contributed by atoms with Crippen molar-refractivity contribution in [2.75, 3.05) is 27.2 Å². The standard InChI is InChI=1S/C12H21N5O/c1-4-10-13-11(15-14-10)12(18)17-7-5-6-9(17)8-16(2)3/h9H,4-8H2,1-3H3,(H,13,14,15). The molecular formula is C12H21N5O. The monoisotopic (exact) mass is 251 g/mol. The van der Waals surface area contributed by atoms with Gasteiger partial charge in [-0.15, -0.1) is 5.10 Å². The number of hydrogen-bond acceptors (Lipinski definition) is 4. The largest absolute Gasteiger partial charge is 0.332 e. The molecule has 1 saturated heterocycles. The van der Waals surface area contributed by atoms with Crippen molar-refractivity contribution in [2.24, 2.45) is 0 Å². The van der Waals surface area contributed by atoms with Crippen LogP contribution in [0.1, 0.15) is 36.2 Å². The van der Waals surface area contributed by atoms with Gasteiger partial charge in [-0.25, -0.2) is 4.98 Å². The Bertz CT molecular complexity index is 414. The number of H-pyrrole nitrogens is 1. The summed E-state index contributed by atoms with van der Waals surface area (Å²) in [5.74, 6) is 1.02. The number of likely N-dealkylation sites (tertiary alicyclic amines) is 1. The zero-order valence-corrected chi connectivity index (χ0v) is 11.3. The van der Waals surface area contributed by atoms with E-state index < -0.39 is 0 Å². The van der Waals surface area contributed by atoms with Gasteiger partial charge in [0.2, 0.25) is 5.82 Å². The number of nitrogens with zero attached hydrogens (tertiary/aromatic N) is 4. The van der Waals surface area contributed by atoms with E-state index in [1.807, 2.05) is 25.9 Å². The van der Waals surface area contributed by atoms with E-state index in [0.29, 0.717) is 5.82 Å². The number of likely N-dealkylation sites (N-methyl/N-ethyl adjacent to an activating group) is 1. The third-order valence-corrected chi connectivity index (χ3v) is 3.27. The molecule has 0 spiro atoms. The molecule has 0 aliphatic carbocycles. The van der Waals surface area contributed by atoms with Crippen molar-refractivity contribution in [3.05, 3.63) is 11.6 Å². The SMILES string of the molecule is CCc1nc(C(=O)N2CCCC2CN(C)C)n[nH]1. The topological polar surface area (TPSA) is 65.1 Å². The van der Waals surface area contributed by atoms with Gasteiger partial charge in [0.05, 0.1) is 0 Å². The second kappa shape index (κ2) is 5.48. The molecule has 0 radical (unpaired) electrons. The van der Waals surface area contributed by atoms with Crippen molar-refractivity contribution in [1.29, 1.82) is 0 Å². The molecule has 2 heterocycles. The highest BCUT2D eigenvalue weighted by Gasteiger charge is 2.31. The maximum Gasteiger partial charge on any atom is 0.293 e. The Morgan fingerprint density at radius 2 is 2.33 bits per heavy atom. The van der Waals surface area contributed by atoms with Gasteiger partial charge in [-0.05, 0) is 26.9 Å². The maximum atomic E-state index is 12.3. The number of aryl methyl sites for hydroxylation is 1. The van der Waals surface area contributed by atoms with E-state index in [1.165, 1.54) is 0 Å². The second-order valence-corrected chi connectivity index (χ2v) is 5.02. The Kier molecular flexibility index (Phi) is 3.96. The third-order valence-electron chi connectivity index (χ3n) is 3.27. The van der Waals surface area contributed by atoms with E-state index in [2.05, 4.69) is 20.1 Å². The normalized spacial score (nSPS) is 19.8. The number of hydrogen-bond donors (Lipinski definition) is 1. The molecule has 2 rings (SSSR count). The molecule has 1 aromatic rings. The van der Waals surface area contributed by atoms with Crippen LogP contribution in [0.25, 0.3) is 0 Å². The van der Waals surface area contributed by atoms with Crippen LogP contribution < -0.4 is 0 Å².